The fourth-order valence-electron chi connectivity index (χ4n) is 4.59. The van der Waals surface area contributed by atoms with E-state index in [2.05, 4.69) is 20.8 Å². The number of hydrogen-bond acceptors (Lipinski definition) is 3. The van der Waals surface area contributed by atoms with Crippen molar-refractivity contribution >= 4 is 11.9 Å². The molecule has 4 rings (SSSR count). The lowest BCUT2D eigenvalue weighted by atomic mass is 9.50. The van der Waals surface area contributed by atoms with Crippen molar-refractivity contribution in [1.29, 1.82) is 0 Å². The number of rotatable bonds is 1. The van der Waals surface area contributed by atoms with Crippen LogP contribution in [0.2, 0.25) is 0 Å². The first kappa shape index (κ1) is 11.2. The van der Waals surface area contributed by atoms with Crippen molar-refractivity contribution in [2.75, 3.05) is 0 Å². The number of carbonyl (C=O) groups excluding carboxylic acids is 2. The van der Waals surface area contributed by atoms with Gasteiger partial charge in [-0.15, -0.1) is 0 Å². The molecule has 3 heteroatoms. The molecule has 0 aromatic carbocycles. The van der Waals surface area contributed by atoms with Crippen molar-refractivity contribution in [1.82, 2.24) is 0 Å². The molecule has 4 aliphatic rings. The summed E-state index contributed by atoms with van der Waals surface area (Å²) in [6, 6.07) is 0. The van der Waals surface area contributed by atoms with Gasteiger partial charge in [0.1, 0.15) is 0 Å². The topological polar surface area (TPSA) is 43.4 Å². The highest BCUT2D eigenvalue weighted by molar-refractivity contribution is 5.97. The summed E-state index contributed by atoms with van der Waals surface area (Å²) in [4.78, 5) is 23.6. The van der Waals surface area contributed by atoms with Gasteiger partial charge in [-0.3, -0.25) is 9.59 Å². The van der Waals surface area contributed by atoms with Gasteiger partial charge in [0.15, 0.2) is 0 Å². The summed E-state index contributed by atoms with van der Waals surface area (Å²) in [7, 11) is 0. The van der Waals surface area contributed by atoms with Gasteiger partial charge in [-0.2, -0.15) is 0 Å². The Morgan fingerprint density at radius 2 is 1.65 bits per heavy atom. The Hall–Kier alpha value is -0.860. The first-order valence-corrected chi connectivity index (χ1v) is 6.76. The van der Waals surface area contributed by atoms with Crippen LogP contribution in [0.15, 0.2) is 0 Å². The Kier molecular flexibility index (Phi) is 2.36. The predicted molar refractivity (Wildman–Crippen MR) is 61.8 cm³/mol. The normalized spacial score (nSPS) is 48.5. The Bertz CT molecular complexity index is 374. The lowest BCUT2D eigenvalue weighted by molar-refractivity contribution is -0.154. The molecule has 17 heavy (non-hydrogen) atoms. The quantitative estimate of drug-likeness (QED) is 0.518. The highest BCUT2D eigenvalue weighted by Gasteiger charge is 2.61. The van der Waals surface area contributed by atoms with Crippen molar-refractivity contribution in [2.45, 2.75) is 33.6 Å². The Labute approximate surface area is 102 Å². The minimum atomic E-state index is -0.247. The number of carbonyl (C=O) groups is 2. The minimum absolute atomic E-state index is 0.119. The van der Waals surface area contributed by atoms with Crippen molar-refractivity contribution in [3.05, 3.63) is 0 Å². The van der Waals surface area contributed by atoms with E-state index in [9.17, 15) is 9.59 Å². The molecule has 1 saturated heterocycles. The molecule has 0 spiro atoms. The molecule has 3 saturated carbocycles. The lowest BCUT2D eigenvalue weighted by Gasteiger charge is -2.52. The van der Waals surface area contributed by atoms with Gasteiger partial charge in [-0.05, 0) is 42.4 Å². The van der Waals surface area contributed by atoms with Crippen molar-refractivity contribution in [3.8, 4) is 0 Å². The van der Waals surface area contributed by atoms with Gasteiger partial charge in [0.25, 0.3) is 0 Å². The average Bonchev–Trinajstić information content (AvgIpc) is 2.56. The summed E-state index contributed by atoms with van der Waals surface area (Å²) in [5, 5.41) is 0. The van der Waals surface area contributed by atoms with E-state index in [0.717, 1.165) is 12.8 Å². The van der Waals surface area contributed by atoms with Crippen molar-refractivity contribution in [3.63, 3.8) is 0 Å². The van der Waals surface area contributed by atoms with E-state index >= 15 is 0 Å². The Balaban J connectivity index is 1.98. The molecule has 0 radical (unpaired) electrons. The zero-order chi connectivity index (χ0) is 12.3. The summed E-state index contributed by atoms with van der Waals surface area (Å²) in [5.41, 5.74) is 0. The fourth-order valence-corrected chi connectivity index (χ4v) is 4.59. The standard InChI is InChI=1S/C14H20O3/c1-6(2)8-5-9-7(3)4-10(8)12-11(9)13(15)17-14(12)16/h6-12H,4-5H2,1-3H3. The third-order valence-electron chi connectivity index (χ3n) is 5.38. The SMILES string of the molecule is CC(C)C1CC2C(C)CC1C1C(=O)OC(=O)C21. The second-order valence-electron chi connectivity index (χ2n) is 6.48. The number of fused-ring (bicyclic) bond motifs is 2. The smallest absolute Gasteiger partial charge is 0.317 e. The van der Waals surface area contributed by atoms with E-state index in [1.165, 1.54) is 0 Å². The molecule has 0 amide bonds. The lowest BCUT2D eigenvalue weighted by Crippen LogP contribution is -2.51. The van der Waals surface area contributed by atoms with Gasteiger partial charge in [-0.25, -0.2) is 0 Å². The van der Waals surface area contributed by atoms with E-state index in [1.807, 2.05) is 0 Å². The van der Waals surface area contributed by atoms with E-state index in [-0.39, 0.29) is 23.8 Å². The zero-order valence-electron chi connectivity index (χ0n) is 10.7. The van der Waals surface area contributed by atoms with E-state index in [0.29, 0.717) is 29.6 Å². The second kappa shape index (κ2) is 3.56. The van der Waals surface area contributed by atoms with Crippen LogP contribution < -0.4 is 0 Å². The maximum Gasteiger partial charge on any atom is 0.317 e. The number of ether oxygens (including phenoxy) is 1. The highest BCUT2D eigenvalue weighted by Crippen LogP contribution is 2.58. The molecule has 6 atom stereocenters. The first-order valence-electron chi connectivity index (χ1n) is 6.76. The molecule has 0 N–H and O–H groups in total. The molecule has 1 heterocycles. The molecular formula is C14H20O3. The third-order valence-corrected chi connectivity index (χ3v) is 5.38. The summed E-state index contributed by atoms with van der Waals surface area (Å²) >= 11 is 0. The van der Waals surface area contributed by atoms with Crippen LogP contribution in [0.3, 0.4) is 0 Å². The van der Waals surface area contributed by atoms with Crippen molar-refractivity contribution in [2.24, 2.45) is 41.4 Å². The largest absolute Gasteiger partial charge is 0.393 e. The molecule has 94 valence electrons. The van der Waals surface area contributed by atoms with E-state index in [4.69, 9.17) is 4.74 Å². The average molecular weight is 236 g/mol. The molecule has 2 bridgehead atoms. The minimum Gasteiger partial charge on any atom is -0.393 e. The van der Waals surface area contributed by atoms with Gasteiger partial charge in [-0.1, -0.05) is 20.8 Å². The van der Waals surface area contributed by atoms with Crippen LogP contribution in [0.1, 0.15) is 33.6 Å². The molecule has 0 aromatic rings. The molecule has 3 nitrogen and oxygen atoms in total. The van der Waals surface area contributed by atoms with Crippen LogP contribution in [-0.2, 0) is 14.3 Å². The monoisotopic (exact) mass is 236 g/mol. The van der Waals surface area contributed by atoms with Gasteiger partial charge < -0.3 is 4.74 Å². The molecule has 0 aromatic heterocycles. The predicted octanol–water partition coefficient (Wildman–Crippen LogP) is 2.25. The van der Waals surface area contributed by atoms with Crippen LogP contribution >= 0.6 is 0 Å². The number of esters is 2. The molecule has 4 fully saturated rings. The summed E-state index contributed by atoms with van der Waals surface area (Å²) in [5.74, 6) is 1.77. The third kappa shape index (κ3) is 1.40. The first-order chi connectivity index (χ1) is 8.00. The zero-order valence-corrected chi connectivity index (χ0v) is 10.7. The van der Waals surface area contributed by atoms with Crippen LogP contribution in [0.5, 0.6) is 0 Å². The number of cyclic esters (lactones) is 2. The summed E-state index contributed by atoms with van der Waals surface area (Å²) < 4.78 is 4.89. The Morgan fingerprint density at radius 3 is 2.24 bits per heavy atom. The highest BCUT2D eigenvalue weighted by atomic mass is 16.6. The number of hydrogen-bond donors (Lipinski definition) is 0. The molecule has 1 aliphatic heterocycles. The molecular weight excluding hydrogens is 216 g/mol. The summed E-state index contributed by atoms with van der Waals surface area (Å²) in [6.07, 6.45) is 2.20. The van der Waals surface area contributed by atoms with Crippen molar-refractivity contribution < 1.29 is 14.3 Å². The van der Waals surface area contributed by atoms with E-state index < -0.39 is 0 Å². The summed E-state index contributed by atoms with van der Waals surface area (Å²) in [6.45, 7) is 6.68. The van der Waals surface area contributed by atoms with Gasteiger partial charge in [0.2, 0.25) is 0 Å². The molecule has 3 aliphatic carbocycles. The van der Waals surface area contributed by atoms with Crippen LogP contribution in [0.4, 0.5) is 0 Å². The van der Waals surface area contributed by atoms with Crippen LogP contribution in [0.25, 0.3) is 0 Å². The maximum atomic E-state index is 11.8. The van der Waals surface area contributed by atoms with Gasteiger partial charge in [0, 0.05) is 0 Å². The van der Waals surface area contributed by atoms with Gasteiger partial charge in [0.05, 0.1) is 11.8 Å². The maximum absolute atomic E-state index is 11.8. The second-order valence-corrected chi connectivity index (χ2v) is 6.48. The van der Waals surface area contributed by atoms with Crippen LogP contribution in [0, 0.1) is 41.4 Å². The fraction of sp³-hybridized carbons (Fsp3) is 0.857. The van der Waals surface area contributed by atoms with Gasteiger partial charge >= 0.3 is 11.9 Å². The van der Waals surface area contributed by atoms with E-state index in [1.54, 1.807) is 0 Å². The Morgan fingerprint density at radius 1 is 1.06 bits per heavy atom. The van der Waals surface area contributed by atoms with Crippen LogP contribution in [-0.4, -0.2) is 11.9 Å². The molecule has 6 unspecified atom stereocenters.